The molecule has 8 heteroatoms. The molecule has 1 heterocycles. The number of ether oxygens (including phenoxy) is 1. The summed E-state index contributed by atoms with van der Waals surface area (Å²) in [6.45, 7) is 2.39. The van der Waals surface area contributed by atoms with Gasteiger partial charge in [-0.3, -0.25) is 14.4 Å². The van der Waals surface area contributed by atoms with Crippen LogP contribution in [0.2, 0.25) is 0 Å². The first kappa shape index (κ1) is 21.9. The Hall–Kier alpha value is -3.32. The van der Waals surface area contributed by atoms with Crippen molar-refractivity contribution in [1.82, 2.24) is 5.32 Å². The van der Waals surface area contributed by atoms with E-state index in [0.29, 0.717) is 29.3 Å². The molecule has 2 aliphatic rings. The lowest BCUT2D eigenvalue weighted by Gasteiger charge is -2.16. The molecule has 166 valence electrons. The van der Waals surface area contributed by atoms with Crippen LogP contribution in [0.5, 0.6) is 5.75 Å². The molecule has 0 atom stereocenters. The van der Waals surface area contributed by atoms with E-state index in [0.717, 1.165) is 30.6 Å². The lowest BCUT2D eigenvalue weighted by atomic mass is 10.1. The SMILES string of the molecule is CCOc1ccc(N2C(=O)C(Cl)=C(Nc3ccc(C(=O)NC4CCCC4)cc3)C2=O)cc1. The number of carbonyl (C=O) groups is 3. The van der Waals surface area contributed by atoms with E-state index in [-0.39, 0.29) is 22.7 Å². The summed E-state index contributed by atoms with van der Waals surface area (Å²) in [6, 6.07) is 13.6. The quantitative estimate of drug-likeness (QED) is 0.613. The zero-order valence-electron chi connectivity index (χ0n) is 17.7. The van der Waals surface area contributed by atoms with Gasteiger partial charge >= 0.3 is 0 Å². The van der Waals surface area contributed by atoms with Crippen LogP contribution < -0.4 is 20.3 Å². The van der Waals surface area contributed by atoms with E-state index in [1.54, 1.807) is 48.5 Å². The minimum absolute atomic E-state index is 0.00583. The van der Waals surface area contributed by atoms with Gasteiger partial charge in [0.1, 0.15) is 16.5 Å². The number of nitrogens with zero attached hydrogens (tertiary/aromatic N) is 1. The number of anilines is 2. The zero-order chi connectivity index (χ0) is 22.7. The topological polar surface area (TPSA) is 87.7 Å². The van der Waals surface area contributed by atoms with Gasteiger partial charge in [0.2, 0.25) is 0 Å². The van der Waals surface area contributed by atoms with Crippen LogP contribution in [0.3, 0.4) is 0 Å². The van der Waals surface area contributed by atoms with Gasteiger partial charge in [-0.15, -0.1) is 0 Å². The first-order chi connectivity index (χ1) is 15.5. The van der Waals surface area contributed by atoms with Crippen LogP contribution in [0.4, 0.5) is 11.4 Å². The molecule has 0 radical (unpaired) electrons. The molecule has 0 unspecified atom stereocenters. The maximum atomic E-state index is 12.9. The Labute approximate surface area is 191 Å². The minimum Gasteiger partial charge on any atom is -0.494 e. The summed E-state index contributed by atoms with van der Waals surface area (Å²) in [5.41, 5.74) is 1.48. The van der Waals surface area contributed by atoms with E-state index in [2.05, 4.69) is 10.6 Å². The minimum atomic E-state index is -0.601. The highest BCUT2D eigenvalue weighted by atomic mass is 35.5. The number of imide groups is 1. The molecule has 0 saturated heterocycles. The Morgan fingerprint density at radius 1 is 1.03 bits per heavy atom. The fraction of sp³-hybridized carbons (Fsp3) is 0.292. The molecule has 1 aliphatic heterocycles. The Bertz CT molecular complexity index is 1060. The van der Waals surface area contributed by atoms with Gasteiger partial charge in [-0.25, -0.2) is 4.90 Å². The number of hydrogen-bond donors (Lipinski definition) is 2. The number of carbonyl (C=O) groups excluding carboxylic acids is 3. The van der Waals surface area contributed by atoms with Crippen molar-refractivity contribution in [3.05, 3.63) is 64.8 Å². The number of benzene rings is 2. The van der Waals surface area contributed by atoms with Crippen molar-refractivity contribution in [1.29, 1.82) is 0 Å². The maximum Gasteiger partial charge on any atom is 0.283 e. The van der Waals surface area contributed by atoms with Crippen LogP contribution in [0.1, 0.15) is 43.0 Å². The zero-order valence-corrected chi connectivity index (χ0v) is 18.4. The Kier molecular flexibility index (Phi) is 6.46. The molecule has 3 amide bonds. The molecule has 4 rings (SSSR count). The summed E-state index contributed by atoms with van der Waals surface area (Å²) < 4.78 is 5.40. The first-order valence-electron chi connectivity index (χ1n) is 10.7. The van der Waals surface area contributed by atoms with Gasteiger partial charge in [0.25, 0.3) is 17.7 Å². The third-order valence-corrected chi connectivity index (χ3v) is 5.89. The number of amides is 3. The van der Waals surface area contributed by atoms with Crippen LogP contribution in [-0.4, -0.2) is 30.4 Å². The lowest BCUT2D eigenvalue weighted by Crippen LogP contribution is -2.32. The Morgan fingerprint density at radius 3 is 2.31 bits per heavy atom. The molecule has 7 nitrogen and oxygen atoms in total. The summed E-state index contributed by atoms with van der Waals surface area (Å²) in [6.07, 6.45) is 4.31. The van der Waals surface area contributed by atoms with Gasteiger partial charge in [0.15, 0.2) is 0 Å². The van der Waals surface area contributed by atoms with Crippen molar-refractivity contribution in [2.45, 2.75) is 38.6 Å². The number of halogens is 1. The van der Waals surface area contributed by atoms with Gasteiger partial charge in [0.05, 0.1) is 12.3 Å². The standard InChI is InChI=1S/C24H24ClN3O4/c1-2-32-19-13-11-18(12-14-19)28-23(30)20(25)21(24(28)31)26-17-9-7-15(8-10-17)22(29)27-16-5-3-4-6-16/h7-14,16,26H,2-6H2,1H3,(H,27,29). The second kappa shape index (κ2) is 9.44. The highest BCUT2D eigenvalue weighted by molar-refractivity contribution is 6.53. The van der Waals surface area contributed by atoms with Crippen LogP contribution in [0.15, 0.2) is 59.3 Å². The Balaban J connectivity index is 1.44. The summed E-state index contributed by atoms with van der Waals surface area (Å²) in [5, 5.41) is 5.77. The monoisotopic (exact) mass is 453 g/mol. The average Bonchev–Trinajstić information content (AvgIpc) is 3.38. The fourth-order valence-corrected chi connectivity index (χ4v) is 4.10. The molecule has 1 fully saturated rings. The first-order valence-corrected chi connectivity index (χ1v) is 11.0. The van der Waals surface area contributed by atoms with Crippen molar-refractivity contribution >= 4 is 40.7 Å². The molecule has 32 heavy (non-hydrogen) atoms. The smallest absolute Gasteiger partial charge is 0.283 e. The van der Waals surface area contributed by atoms with Gasteiger partial charge in [-0.1, -0.05) is 24.4 Å². The molecule has 0 bridgehead atoms. The predicted molar refractivity (Wildman–Crippen MR) is 123 cm³/mol. The third-order valence-electron chi connectivity index (χ3n) is 5.54. The third kappa shape index (κ3) is 4.48. The van der Waals surface area contributed by atoms with Crippen molar-refractivity contribution in [3.8, 4) is 5.75 Å². The van der Waals surface area contributed by atoms with E-state index in [1.165, 1.54) is 0 Å². The van der Waals surface area contributed by atoms with E-state index < -0.39 is 11.8 Å². The summed E-state index contributed by atoms with van der Waals surface area (Å²) in [7, 11) is 0. The molecule has 2 aromatic carbocycles. The highest BCUT2D eigenvalue weighted by Gasteiger charge is 2.39. The lowest BCUT2D eigenvalue weighted by molar-refractivity contribution is -0.120. The summed E-state index contributed by atoms with van der Waals surface area (Å²) in [5.74, 6) is -0.623. The average molecular weight is 454 g/mol. The van der Waals surface area contributed by atoms with E-state index in [4.69, 9.17) is 16.3 Å². The molecular formula is C24H24ClN3O4. The molecule has 0 spiro atoms. The van der Waals surface area contributed by atoms with Crippen LogP contribution in [0, 0.1) is 0 Å². The molecule has 1 aliphatic carbocycles. The van der Waals surface area contributed by atoms with Crippen molar-refractivity contribution in [2.24, 2.45) is 0 Å². The second-order valence-electron chi connectivity index (χ2n) is 7.72. The van der Waals surface area contributed by atoms with Gasteiger partial charge in [-0.2, -0.15) is 0 Å². The van der Waals surface area contributed by atoms with E-state index >= 15 is 0 Å². The molecule has 2 N–H and O–H groups in total. The van der Waals surface area contributed by atoms with E-state index in [9.17, 15) is 14.4 Å². The number of hydrogen-bond acceptors (Lipinski definition) is 5. The molecule has 0 aromatic heterocycles. The molecular weight excluding hydrogens is 430 g/mol. The van der Waals surface area contributed by atoms with Crippen LogP contribution in [-0.2, 0) is 9.59 Å². The molecule has 2 aromatic rings. The van der Waals surface area contributed by atoms with Crippen molar-refractivity contribution in [2.75, 3.05) is 16.8 Å². The summed E-state index contributed by atoms with van der Waals surface area (Å²) in [4.78, 5) is 39.0. The van der Waals surface area contributed by atoms with Crippen LogP contribution >= 0.6 is 11.6 Å². The van der Waals surface area contributed by atoms with Crippen LogP contribution in [0.25, 0.3) is 0 Å². The van der Waals surface area contributed by atoms with Gasteiger partial charge in [-0.05, 0) is 68.3 Å². The van der Waals surface area contributed by atoms with Gasteiger partial charge < -0.3 is 15.4 Å². The summed E-state index contributed by atoms with van der Waals surface area (Å²) >= 11 is 6.19. The largest absolute Gasteiger partial charge is 0.494 e. The highest BCUT2D eigenvalue weighted by Crippen LogP contribution is 2.31. The Morgan fingerprint density at radius 2 is 1.69 bits per heavy atom. The predicted octanol–water partition coefficient (Wildman–Crippen LogP) is 4.19. The fourth-order valence-electron chi connectivity index (χ4n) is 3.89. The van der Waals surface area contributed by atoms with Crippen molar-refractivity contribution in [3.63, 3.8) is 0 Å². The van der Waals surface area contributed by atoms with Gasteiger partial charge in [0, 0.05) is 17.3 Å². The number of nitrogens with one attached hydrogen (secondary N) is 2. The maximum absolute atomic E-state index is 12.9. The van der Waals surface area contributed by atoms with E-state index in [1.807, 2.05) is 6.92 Å². The normalized spacial score (nSPS) is 16.6. The van der Waals surface area contributed by atoms with Crippen molar-refractivity contribution < 1.29 is 19.1 Å². The second-order valence-corrected chi connectivity index (χ2v) is 8.10. The number of rotatable bonds is 7. The molecule has 1 saturated carbocycles.